The number of nitrogens with one attached hydrogen (secondary N) is 2. The van der Waals surface area contributed by atoms with Gasteiger partial charge in [0.25, 0.3) is 0 Å². The third kappa shape index (κ3) is 5.16. The molecule has 1 amide bonds. The Bertz CT molecular complexity index is 800. The van der Waals surface area contributed by atoms with E-state index in [4.69, 9.17) is 22.1 Å². The van der Waals surface area contributed by atoms with E-state index in [1.807, 2.05) is 0 Å². The Morgan fingerprint density at radius 2 is 2.08 bits per heavy atom. The number of carbonyl (C=O) groups excluding carboxylic acids is 1. The van der Waals surface area contributed by atoms with Gasteiger partial charge < -0.3 is 21.1 Å². The van der Waals surface area contributed by atoms with Crippen LogP contribution in [-0.2, 0) is 11.0 Å². The standard InChI is InChI=1S/C16H16ClF3N4O2/c1-26-13-3-2-10(7-12(13)21)24-14(25)4-5-22-15-11(17)6-9(8-23-15)16(18,19)20/h2-3,6-8H,4-5,21H2,1H3,(H,22,23)(H,24,25). The number of methoxy groups -OCH3 is 1. The molecule has 0 atom stereocenters. The zero-order valence-corrected chi connectivity index (χ0v) is 14.4. The topological polar surface area (TPSA) is 89.3 Å². The van der Waals surface area contributed by atoms with Gasteiger partial charge in [-0.15, -0.1) is 0 Å². The number of hydrogen-bond acceptors (Lipinski definition) is 5. The molecule has 0 radical (unpaired) electrons. The number of rotatable bonds is 6. The molecule has 0 aliphatic carbocycles. The van der Waals surface area contributed by atoms with Crippen molar-refractivity contribution in [3.8, 4) is 5.75 Å². The minimum atomic E-state index is -4.52. The Hall–Kier alpha value is -2.68. The van der Waals surface area contributed by atoms with E-state index in [0.29, 0.717) is 23.3 Å². The minimum absolute atomic E-state index is 0.0466. The van der Waals surface area contributed by atoms with Crippen LogP contribution in [0, 0.1) is 0 Å². The summed E-state index contributed by atoms with van der Waals surface area (Å²) in [5, 5.41) is 5.19. The first-order valence-corrected chi connectivity index (χ1v) is 7.78. The van der Waals surface area contributed by atoms with Gasteiger partial charge in [0.1, 0.15) is 11.6 Å². The smallest absolute Gasteiger partial charge is 0.417 e. The van der Waals surface area contributed by atoms with Crippen molar-refractivity contribution < 1.29 is 22.7 Å². The van der Waals surface area contributed by atoms with Crippen LogP contribution < -0.4 is 21.1 Å². The van der Waals surface area contributed by atoms with E-state index in [-0.39, 0.29) is 29.7 Å². The molecule has 0 spiro atoms. The van der Waals surface area contributed by atoms with E-state index in [9.17, 15) is 18.0 Å². The van der Waals surface area contributed by atoms with Crippen LogP contribution in [0.5, 0.6) is 5.75 Å². The van der Waals surface area contributed by atoms with Gasteiger partial charge in [0.15, 0.2) is 0 Å². The number of amides is 1. The quantitative estimate of drug-likeness (QED) is 0.655. The molecule has 1 heterocycles. The molecular formula is C16H16ClF3N4O2. The molecule has 10 heteroatoms. The molecule has 6 nitrogen and oxygen atoms in total. The van der Waals surface area contributed by atoms with Crippen LogP contribution >= 0.6 is 11.6 Å². The van der Waals surface area contributed by atoms with Crippen LogP contribution in [0.3, 0.4) is 0 Å². The summed E-state index contributed by atoms with van der Waals surface area (Å²) in [6, 6.07) is 5.58. The molecule has 2 aromatic rings. The molecule has 140 valence electrons. The summed E-state index contributed by atoms with van der Waals surface area (Å²) in [5.41, 5.74) is 5.69. The molecule has 0 aliphatic rings. The summed E-state index contributed by atoms with van der Waals surface area (Å²) in [6.07, 6.45) is -3.80. The average molecular weight is 389 g/mol. The highest BCUT2D eigenvalue weighted by Gasteiger charge is 2.31. The molecule has 2 rings (SSSR count). The largest absolute Gasteiger partial charge is 0.495 e. The first kappa shape index (κ1) is 19.6. The fourth-order valence-electron chi connectivity index (χ4n) is 2.05. The number of anilines is 3. The number of nitrogens with zero attached hydrogens (tertiary/aromatic N) is 1. The van der Waals surface area contributed by atoms with Crippen LogP contribution in [0.25, 0.3) is 0 Å². The van der Waals surface area contributed by atoms with E-state index in [0.717, 1.165) is 6.07 Å². The lowest BCUT2D eigenvalue weighted by molar-refractivity contribution is -0.137. The van der Waals surface area contributed by atoms with Crippen LogP contribution in [0.1, 0.15) is 12.0 Å². The van der Waals surface area contributed by atoms with E-state index >= 15 is 0 Å². The first-order valence-electron chi connectivity index (χ1n) is 7.40. The fraction of sp³-hybridized carbons (Fsp3) is 0.250. The van der Waals surface area contributed by atoms with Gasteiger partial charge >= 0.3 is 6.18 Å². The number of alkyl halides is 3. The highest BCUT2D eigenvalue weighted by molar-refractivity contribution is 6.33. The lowest BCUT2D eigenvalue weighted by atomic mass is 10.2. The summed E-state index contributed by atoms with van der Waals surface area (Å²) < 4.78 is 42.7. The predicted molar refractivity (Wildman–Crippen MR) is 93.4 cm³/mol. The number of nitrogens with two attached hydrogens (primary N) is 1. The number of carbonyl (C=O) groups is 1. The zero-order valence-electron chi connectivity index (χ0n) is 13.7. The van der Waals surface area contributed by atoms with E-state index < -0.39 is 11.7 Å². The summed E-state index contributed by atoms with van der Waals surface area (Å²) in [4.78, 5) is 15.5. The van der Waals surface area contributed by atoms with E-state index in [2.05, 4.69) is 15.6 Å². The van der Waals surface area contributed by atoms with E-state index in [1.165, 1.54) is 7.11 Å². The SMILES string of the molecule is COc1ccc(NC(=O)CCNc2ncc(C(F)(F)F)cc2Cl)cc1N. The molecule has 0 unspecified atom stereocenters. The molecule has 1 aromatic carbocycles. The van der Waals surface area contributed by atoms with Crippen molar-refractivity contribution in [3.63, 3.8) is 0 Å². The maximum absolute atomic E-state index is 12.6. The van der Waals surface area contributed by atoms with Crippen LogP contribution in [0.4, 0.5) is 30.4 Å². The monoisotopic (exact) mass is 388 g/mol. The Labute approximate surface area is 152 Å². The summed E-state index contributed by atoms with van der Waals surface area (Å²) >= 11 is 5.78. The molecule has 4 N–H and O–H groups in total. The number of hydrogen-bond donors (Lipinski definition) is 3. The van der Waals surface area contributed by atoms with Crippen molar-refractivity contribution in [2.75, 3.05) is 30.0 Å². The Morgan fingerprint density at radius 1 is 1.35 bits per heavy atom. The molecule has 1 aromatic heterocycles. The normalized spacial score (nSPS) is 11.1. The minimum Gasteiger partial charge on any atom is -0.495 e. The maximum atomic E-state index is 12.6. The van der Waals surface area contributed by atoms with E-state index in [1.54, 1.807) is 18.2 Å². The second-order valence-electron chi connectivity index (χ2n) is 5.23. The number of halogens is 4. The number of aromatic nitrogens is 1. The van der Waals surface area contributed by atoms with Crippen molar-refractivity contribution in [3.05, 3.63) is 41.0 Å². The summed E-state index contributed by atoms with van der Waals surface area (Å²) in [5.74, 6) is 0.249. The maximum Gasteiger partial charge on any atom is 0.417 e. The van der Waals surface area contributed by atoms with Crippen molar-refractivity contribution in [1.29, 1.82) is 0 Å². The average Bonchev–Trinajstić information content (AvgIpc) is 2.55. The van der Waals surface area contributed by atoms with Gasteiger partial charge in [-0.1, -0.05) is 11.6 Å². The van der Waals surface area contributed by atoms with Crippen molar-refractivity contribution in [2.24, 2.45) is 0 Å². The van der Waals surface area contributed by atoms with Crippen molar-refractivity contribution >= 4 is 34.7 Å². The summed E-state index contributed by atoms with van der Waals surface area (Å²) in [7, 11) is 1.48. The lowest BCUT2D eigenvalue weighted by Crippen LogP contribution is -2.17. The zero-order chi connectivity index (χ0) is 19.3. The molecule has 0 aliphatic heterocycles. The van der Waals surface area contributed by atoms with Crippen LogP contribution in [-0.4, -0.2) is 24.5 Å². The number of ether oxygens (including phenoxy) is 1. The molecule has 26 heavy (non-hydrogen) atoms. The molecule has 0 saturated heterocycles. The Kier molecular flexibility index (Phi) is 6.14. The van der Waals surface area contributed by atoms with Gasteiger partial charge in [-0.3, -0.25) is 4.79 Å². The second-order valence-corrected chi connectivity index (χ2v) is 5.64. The van der Waals surface area contributed by atoms with Gasteiger partial charge in [-0.2, -0.15) is 13.2 Å². The molecular weight excluding hydrogens is 373 g/mol. The van der Waals surface area contributed by atoms with Crippen LogP contribution in [0.15, 0.2) is 30.5 Å². The molecule has 0 bridgehead atoms. The fourth-order valence-corrected chi connectivity index (χ4v) is 2.29. The highest BCUT2D eigenvalue weighted by Crippen LogP contribution is 2.32. The number of benzene rings is 1. The van der Waals surface area contributed by atoms with Gasteiger partial charge in [0.2, 0.25) is 5.91 Å². The molecule has 0 fully saturated rings. The van der Waals surface area contributed by atoms with Crippen molar-refractivity contribution in [1.82, 2.24) is 4.98 Å². The third-order valence-corrected chi connectivity index (χ3v) is 3.61. The predicted octanol–water partition coefficient (Wildman–Crippen LogP) is 3.79. The van der Waals surface area contributed by atoms with Gasteiger partial charge in [0.05, 0.1) is 23.4 Å². The van der Waals surface area contributed by atoms with Crippen molar-refractivity contribution in [2.45, 2.75) is 12.6 Å². The summed E-state index contributed by atoms with van der Waals surface area (Å²) in [6.45, 7) is 0.134. The number of pyridine rings is 1. The second kappa shape index (κ2) is 8.13. The first-order chi connectivity index (χ1) is 12.2. The third-order valence-electron chi connectivity index (χ3n) is 3.33. The van der Waals surface area contributed by atoms with Gasteiger partial charge in [-0.05, 0) is 24.3 Å². The van der Waals surface area contributed by atoms with Gasteiger partial charge in [-0.25, -0.2) is 4.98 Å². The van der Waals surface area contributed by atoms with Gasteiger partial charge in [0, 0.05) is 24.8 Å². The lowest BCUT2D eigenvalue weighted by Gasteiger charge is -2.11. The Balaban J connectivity index is 1.87. The number of nitrogen functional groups attached to an aromatic ring is 1. The molecule has 0 saturated carbocycles. The highest BCUT2D eigenvalue weighted by atomic mass is 35.5. The Morgan fingerprint density at radius 3 is 2.65 bits per heavy atom. The van der Waals surface area contributed by atoms with Crippen LogP contribution in [0.2, 0.25) is 5.02 Å².